The molecule has 0 aliphatic heterocycles. The predicted octanol–water partition coefficient (Wildman–Crippen LogP) is 10.7. The van der Waals surface area contributed by atoms with E-state index in [1.54, 1.807) is 0 Å². The van der Waals surface area contributed by atoms with Gasteiger partial charge in [-0.05, 0) is 100.0 Å². The maximum Gasteiger partial charge on any atom is 0.188 e. The number of hydrogen-bond acceptors (Lipinski definition) is 1. The minimum Gasteiger partial charge on any atom is -0.309 e. The minimum atomic E-state index is 0.604. The van der Waals surface area contributed by atoms with E-state index in [0.29, 0.717) is 5.69 Å². The Hall–Kier alpha value is -5.66. The first-order valence-corrected chi connectivity index (χ1v) is 14.9. The molecule has 0 spiro atoms. The molecule has 0 fully saturated rings. The maximum absolute atomic E-state index is 7.91. The number of hydrogen-bond donors (Lipinski definition) is 0. The largest absolute Gasteiger partial charge is 0.309 e. The first kappa shape index (κ1) is 26.0. The third kappa shape index (κ3) is 3.87. The molecule has 3 aromatic heterocycles. The number of rotatable bonds is 3. The van der Waals surface area contributed by atoms with Crippen molar-refractivity contribution in [3.05, 3.63) is 143 Å². The number of fused-ring (bicyclic) bond motifs is 6. The molecule has 4 nitrogen and oxygen atoms in total. The Bertz CT molecular complexity index is 2380. The molecule has 44 heavy (non-hydrogen) atoms. The van der Waals surface area contributed by atoms with Crippen LogP contribution in [0.4, 0.5) is 5.69 Å². The molecule has 5 aromatic carbocycles. The fourth-order valence-corrected chi connectivity index (χ4v) is 6.82. The highest BCUT2D eigenvalue weighted by Gasteiger charge is 2.21. The van der Waals surface area contributed by atoms with Crippen molar-refractivity contribution >= 4 is 49.3 Å². The molecule has 210 valence electrons. The van der Waals surface area contributed by atoms with Crippen LogP contribution in [0.3, 0.4) is 0 Å². The molecule has 4 heteroatoms. The van der Waals surface area contributed by atoms with Crippen LogP contribution >= 0.6 is 0 Å². The van der Waals surface area contributed by atoms with Crippen LogP contribution in [0.15, 0.2) is 109 Å². The standard InChI is InChI=1S/C40H30N4/c1-24-6-11-35-30(18-24)31-19-25(2)7-12-36(31)43(35)39-15-10-28(41-5)22-34(39)29-16-17-42-23-40(29)44-37-13-8-26(3)20-32(37)33-21-27(4)9-14-38(33)44/h6-23H,1-4H3. The van der Waals surface area contributed by atoms with Crippen molar-refractivity contribution in [2.45, 2.75) is 27.7 Å². The summed E-state index contributed by atoms with van der Waals surface area (Å²) < 4.78 is 4.69. The molecule has 3 heterocycles. The molecule has 0 aliphatic carbocycles. The zero-order chi connectivity index (χ0) is 30.1. The molecule has 0 atom stereocenters. The van der Waals surface area contributed by atoms with Gasteiger partial charge in [-0.1, -0.05) is 52.6 Å². The first-order valence-electron chi connectivity index (χ1n) is 14.9. The molecule has 0 amide bonds. The van der Waals surface area contributed by atoms with Crippen LogP contribution in [0.1, 0.15) is 22.3 Å². The maximum atomic E-state index is 7.91. The Kier molecular flexibility index (Phi) is 5.73. The Morgan fingerprint density at radius 2 is 0.955 bits per heavy atom. The summed E-state index contributed by atoms with van der Waals surface area (Å²) in [6, 6.07) is 34.8. The molecule has 0 unspecified atom stereocenters. The van der Waals surface area contributed by atoms with E-state index in [-0.39, 0.29) is 0 Å². The van der Waals surface area contributed by atoms with Gasteiger partial charge in [-0.3, -0.25) is 4.98 Å². The average Bonchev–Trinajstić information content (AvgIpc) is 3.51. The van der Waals surface area contributed by atoms with E-state index >= 15 is 0 Å². The first-order chi connectivity index (χ1) is 21.4. The molecule has 0 radical (unpaired) electrons. The molecular formula is C40H30N4. The van der Waals surface area contributed by atoms with Gasteiger partial charge in [0.15, 0.2) is 5.69 Å². The van der Waals surface area contributed by atoms with E-state index in [1.807, 2.05) is 24.5 Å². The molecule has 8 aromatic rings. The summed E-state index contributed by atoms with van der Waals surface area (Å²) in [6.07, 6.45) is 3.81. The van der Waals surface area contributed by atoms with E-state index in [0.717, 1.165) is 44.6 Å². The monoisotopic (exact) mass is 566 g/mol. The minimum absolute atomic E-state index is 0.604. The van der Waals surface area contributed by atoms with Crippen LogP contribution in [0.5, 0.6) is 0 Å². The highest BCUT2D eigenvalue weighted by molar-refractivity contribution is 6.12. The number of pyridine rings is 1. The van der Waals surface area contributed by atoms with Gasteiger partial charge in [0.05, 0.1) is 46.2 Å². The van der Waals surface area contributed by atoms with Crippen molar-refractivity contribution in [2.24, 2.45) is 0 Å². The van der Waals surface area contributed by atoms with Crippen molar-refractivity contribution in [1.82, 2.24) is 14.1 Å². The average molecular weight is 567 g/mol. The summed E-state index contributed by atoms with van der Waals surface area (Å²) in [5.41, 5.74) is 14.1. The van der Waals surface area contributed by atoms with E-state index in [9.17, 15) is 0 Å². The molecule has 8 rings (SSSR count). The van der Waals surface area contributed by atoms with E-state index in [4.69, 9.17) is 6.57 Å². The normalized spacial score (nSPS) is 11.6. The summed E-state index contributed by atoms with van der Waals surface area (Å²) >= 11 is 0. The van der Waals surface area contributed by atoms with Crippen LogP contribution in [-0.4, -0.2) is 14.1 Å². The zero-order valence-electron chi connectivity index (χ0n) is 25.2. The SMILES string of the molecule is [C-]#[N+]c1ccc(-n2c3ccc(C)cc3c3cc(C)ccc32)c(-c2ccncc2-n2c3ccc(C)cc3c3cc(C)ccc32)c1. The lowest BCUT2D eigenvalue weighted by molar-refractivity contribution is 1.13. The summed E-state index contributed by atoms with van der Waals surface area (Å²) in [5, 5.41) is 4.91. The molecular weight excluding hydrogens is 536 g/mol. The summed E-state index contributed by atoms with van der Waals surface area (Å²) in [5.74, 6) is 0. The number of aromatic nitrogens is 3. The van der Waals surface area contributed by atoms with E-state index in [1.165, 1.54) is 43.8 Å². The van der Waals surface area contributed by atoms with Gasteiger partial charge in [0.1, 0.15) is 0 Å². The van der Waals surface area contributed by atoms with Crippen LogP contribution in [0.25, 0.3) is 71.0 Å². The lowest BCUT2D eigenvalue weighted by Crippen LogP contribution is -2.02. The van der Waals surface area contributed by atoms with Crippen LogP contribution < -0.4 is 0 Å². The van der Waals surface area contributed by atoms with Gasteiger partial charge < -0.3 is 9.13 Å². The van der Waals surface area contributed by atoms with E-state index in [2.05, 4.69) is 132 Å². The molecule has 0 saturated carbocycles. The van der Waals surface area contributed by atoms with Gasteiger partial charge in [0.25, 0.3) is 0 Å². The van der Waals surface area contributed by atoms with Crippen molar-refractivity contribution < 1.29 is 0 Å². The second-order valence-corrected chi connectivity index (χ2v) is 12.0. The van der Waals surface area contributed by atoms with Crippen LogP contribution in [0.2, 0.25) is 0 Å². The summed E-state index contributed by atoms with van der Waals surface area (Å²) in [6.45, 7) is 16.5. The van der Waals surface area contributed by atoms with Gasteiger partial charge in [-0.15, -0.1) is 0 Å². The van der Waals surface area contributed by atoms with Gasteiger partial charge >= 0.3 is 0 Å². The van der Waals surface area contributed by atoms with E-state index < -0.39 is 0 Å². The Labute approximate surface area is 256 Å². The number of nitrogens with zero attached hydrogens (tertiary/aromatic N) is 4. The summed E-state index contributed by atoms with van der Waals surface area (Å²) in [4.78, 5) is 8.50. The second-order valence-electron chi connectivity index (χ2n) is 12.0. The molecule has 0 N–H and O–H groups in total. The topological polar surface area (TPSA) is 27.1 Å². The predicted molar refractivity (Wildman–Crippen MR) is 184 cm³/mol. The number of benzene rings is 5. The van der Waals surface area contributed by atoms with Crippen LogP contribution in [0, 0.1) is 34.3 Å². The molecule has 0 aliphatic rings. The second kappa shape index (κ2) is 9.69. The third-order valence-electron chi connectivity index (χ3n) is 8.83. The zero-order valence-corrected chi connectivity index (χ0v) is 25.2. The van der Waals surface area contributed by atoms with Gasteiger partial charge in [-0.2, -0.15) is 0 Å². The smallest absolute Gasteiger partial charge is 0.188 e. The van der Waals surface area contributed by atoms with Crippen molar-refractivity contribution in [3.63, 3.8) is 0 Å². The lowest BCUT2D eigenvalue weighted by Gasteiger charge is -2.18. The third-order valence-corrected chi connectivity index (χ3v) is 8.83. The fourth-order valence-electron chi connectivity index (χ4n) is 6.82. The number of aryl methyl sites for hydroxylation is 4. The fraction of sp³-hybridized carbons (Fsp3) is 0.100. The Balaban J connectivity index is 1.49. The Morgan fingerprint density at radius 1 is 0.500 bits per heavy atom. The molecule has 0 saturated heterocycles. The summed E-state index contributed by atoms with van der Waals surface area (Å²) in [7, 11) is 0. The van der Waals surface area contributed by atoms with Crippen molar-refractivity contribution in [2.75, 3.05) is 0 Å². The van der Waals surface area contributed by atoms with Gasteiger partial charge in [0, 0.05) is 33.3 Å². The van der Waals surface area contributed by atoms with Gasteiger partial charge in [0.2, 0.25) is 0 Å². The van der Waals surface area contributed by atoms with Crippen molar-refractivity contribution in [3.8, 4) is 22.5 Å². The highest BCUT2D eigenvalue weighted by atomic mass is 15.0. The lowest BCUT2D eigenvalue weighted by atomic mass is 10.0. The van der Waals surface area contributed by atoms with Gasteiger partial charge in [-0.25, -0.2) is 4.85 Å². The quantitative estimate of drug-likeness (QED) is 0.195. The van der Waals surface area contributed by atoms with Crippen molar-refractivity contribution in [1.29, 1.82) is 0 Å². The molecule has 0 bridgehead atoms. The van der Waals surface area contributed by atoms with Crippen LogP contribution in [-0.2, 0) is 0 Å². The highest BCUT2D eigenvalue weighted by Crippen LogP contribution is 2.42. The Morgan fingerprint density at radius 3 is 1.41 bits per heavy atom.